The Balaban J connectivity index is 2.38. The van der Waals surface area contributed by atoms with Gasteiger partial charge in [0.2, 0.25) is 0 Å². The van der Waals surface area contributed by atoms with Gasteiger partial charge < -0.3 is 5.73 Å². The fourth-order valence-electron chi connectivity index (χ4n) is 1.98. The molecule has 0 aliphatic carbocycles. The van der Waals surface area contributed by atoms with Crippen LogP contribution in [-0.4, -0.2) is 11.5 Å². The van der Waals surface area contributed by atoms with Crippen LogP contribution in [0.1, 0.15) is 48.9 Å². The van der Waals surface area contributed by atoms with Gasteiger partial charge in [-0.15, -0.1) is 0 Å². The Morgan fingerprint density at radius 3 is 2.35 bits per heavy atom. The SMILES string of the molecule is CCCCCSCC(N)c1cc(C)cc(C)c1. The molecule has 2 heteroatoms. The standard InChI is InChI=1S/C15H25NS/c1-4-5-6-7-17-11-15(16)14-9-12(2)8-13(3)10-14/h8-10,15H,4-7,11,16H2,1-3H3. The highest BCUT2D eigenvalue weighted by Crippen LogP contribution is 2.19. The van der Waals surface area contributed by atoms with Crippen LogP contribution < -0.4 is 5.73 Å². The van der Waals surface area contributed by atoms with Crippen molar-refractivity contribution in [1.82, 2.24) is 0 Å². The zero-order chi connectivity index (χ0) is 12.7. The van der Waals surface area contributed by atoms with Crippen LogP contribution >= 0.6 is 11.8 Å². The summed E-state index contributed by atoms with van der Waals surface area (Å²) in [6.07, 6.45) is 3.95. The lowest BCUT2D eigenvalue weighted by Gasteiger charge is -2.13. The van der Waals surface area contributed by atoms with Crippen molar-refractivity contribution in [3.8, 4) is 0 Å². The maximum absolute atomic E-state index is 6.23. The Hall–Kier alpha value is -0.470. The summed E-state index contributed by atoms with van der Waals surface area (Å²) in [6, 6.07) is 6.80. The predicted molar refractivity (Wildman–Crippen MR) is 79.7 cm³/mol. The maximum Gasteiger partial charge on any atom is 0.0386 e. The summed E-state index contributed by atoms with van der Waals surface area (Å²) in [4.78, 5) is 0. The minimum Gasteiger partial charge on any atom is -0.323 e. The molecule has 2 N–H and O–H groups in total. The van der Waals surface area contributed by atoms with E-state index in [4.69, 9.17) is 5.73 Å². The van der Waals surface area contributed by atoms with Crippen LogP contribution in [0, 0.1) is 13.8 Å². The number of hydrogen-bond acceptors (Lipinski definition) is 2. The van der Waals surface area contributed by atoms with E-state index < -0.39 is 0 Å². The maximum atomic E-state index is 6.23. The summed E-state index contributed by atoms with van der Waals surface area (Å²) in [5, 5.41) is 0. The quantitative estimate of drug-likeness (QED) is 0.734. The lowest BCUT2D eigenvalue weighted by atomic mass is 10.0. The fourth-order valence-corrected chi connectivity index (χ4v) is 3.01. The number of aryl methyl sites for hydroxylation is 2. The molecule has 0 saturated heterocycles. The molecule has 1 nitrogen and oxygen atoms in total. The minimum absolute atomic E-state index is 0.181. The third-order valence-corrected chi connectivity index (χ3v) is 4.03. The molecule has 1 aromatic carbocycles. The lowest BCUT2D eigenvalue weighted by Crippen LogP contribution is -2.13. The second kappa shape index (κ2) is 7.78. The van der Waals surface area contributed by atoms with Crippen LogP contribution in [0.25, 0.3) is 0 Å². The molecule has 0 radical (unpaired) electrons. The second-order valence-electron chi connectivity index (χ2n) is 4.81. The van der Waals surface area contributed by atoms with Crippen molar-refractivity contribution in [2.24, 2.45) is 5.73 Å². The van der Waals surface area contributed by atoms with Crippen molar-refractivity contribution < 1.29 is 0 Å². The first-order valence-electron chi connectivity index (χ1n) is 6.55. The van der Waals surface area contributed by atoms with E-state index >= 15 is 0 Å². The minimum atomic E-state index is 0.181. The lowest BCUT2D eigenvalue weighted by molar-refractivity contribution is 0.775. The smallest absolute Gasteiger partial charge is 0.0386 e. The Bertz CT molecular complexity index is 315. The first-order valence-corrected chi connectivity index (χ1v) is 7.70. The Morgan fingerprint density at radius 1 is 1.12 bits per heavy atom. The highest BCUT2D eigenvalue weighted by atomic mass is 32.2. The third-order valence-electron chi connectivity index (χ3n) is 2.86. The van der Waals surface area contributed by atoms with Gasteiger partial charge >= 0.3 is 0 Å². The molecule has 1 aromatic rings. The van der Waals surface area contributed by atoms with E-state index in [1.165, 1.54) is 41.7 Å². The van der Waals surface area contributed by atoms with Gasteiger partial charge in [0.05, 0.1) is 0 Å². The molecule has 0 aliphatic rings. The molecule has 0 saturated carbocycles. The number of nitrogens with two attached hydrogens (primary N) is 1. The summed E-state index contributed by atoms with van der Waals surface area (Å²) >= 11 is 1.98. The molecule has 0 spiro atoms. The van der Waals surface area contributed by atoms with E-state index in [1.807, 2.05) is 11.8 Å². The molecule has 0 bridgehead atoms. The number of thioether (sulfide) groups is 1. The van der Waals surface area contributed by atoms with E-state index in [2.05, 4.69) is 39.0 Å². The van der Waals surface area contributed by atoms with Crippen LogP contribution in [0.15, 0.2) is 18.2 Å². The van der Waals surface area contributed by atoms with Gasteiger partial charge in [-0.25, -0.2) is 0 Å². The third kappa shape index (κ3) is 5.60. The van der Waals surface area contributed by atoms with Crippen molar-refractivity contribution in [3.63, 3.8) is 0 Å². The van der Waals surface area contributed by atoms with Gasteiger partial charge in [-0.3, -0.25) is 0 Å². The van der Waals surface area contributed by atoms with Crippen LogP contribution in [0.5, 0.6) is 0 Å². The Labute approximate surface area is 110 Å². The molecule has 96 valence electrons. The molecule has 0 heterocycles. The van der Waals surface area contributed by atoms with Crippen LogP contribution in [0.4, 0.5) is 0 Å². The van der Waals surface area contributed by atoms with Crippen molar-refractivity contribution in [2.75, 3.05) is 11.5 Å². The number of hydrogen-bond donors (Lipinski definition) is 1. The molecule has 17 heavy (non-hydrogen) atoms. The molecule has 0 aliphatic heterocycles. The van der Waals surface area contributed by atoms with E-state index in [-0.39, 0.29) is 6.04 Å². The van der Waals surface area contributed by atoms with E-state index in [0.717, 1.165) is 5.75 Å². The fraction of sp³-hybridized carbons (Fsp3) is 0.600. The van der Waals surface area contributed by atoms with E-state index in [9.17, 15) is 0 Å². The molecule has 1 rings (SSSR count). The molecular formula is C15H25NS. The normalized spacial score (nSPS) is 12.7. The van der Waals surface area contributed by atoms with Gasteiger partial charge in [0.15, 0.2) is 0 Å². The number of benzene rings is 1. The highest BCUT2D eigenvalue weighted by molar-refractivity contribution is 7.99. The second-order valence-corrected chi connectivity index (χ2v) is 5.96. The Kier molecular flexibility index (Phi) is 6.68. The molecule has 0 aromatic heterocycles. The van der Waals surface area contributed by atoms with Gasteiger partial charge in [0.25, 0.3) is 0 Å². The van der Waals surface area contributed by atoms with Gasteiger partial charge in [0, 0.05) is 11.8 Å². The van der Waals surface area contributed by atoms with Crippen LogP contribution in [0.3, 0.4) is 0 Å². The predicted octanol–water partition coefficient (Wildman–Crippen LogP) is 4.23. The van der Waals surface area contributed by atoms with Gasteiger partial charge in [-0.1, -0.05) is 49.1 Å². The van der Waals surface area contributed by atoms with Crippen LogP contribution in [0.2, 0.25) is 0 Å². The molecule has 0 fully saturated rings. The molecule has 1 atom stereocenters. The summed E-state index contributed by atoms with van der Waals surface area (Å²) in [5.74, 6) is 2.28. The zero-order valence-corrected chi connectivity index (χ0v) is 12.1. The Morgan fingerprint density at radius 2 is 1.76 bits per heavy atom. The zero-order valence-electron chi connectivity index (χ0n) is 11.3. The average molecular weight is 251 g/mol. The summed E-state index contributed by atoms with van der Waals surface area (Å²) in [5.41, 5.74) is 10.1. The van der Waals surface area contributed by atoms with Crippen molar-refractivity contribution in [2.45, 2.75) is 46.1 Å². The summed E-state index contributed by atoms with van der Waals surface area (Å²) in [7, 11) is 0. The van der Waals surface area contributed by atoms with E-state index in [1.54, 1.807) is 0 Å². The number of unbranched alkanes of at least 4 members (excludes halogenated alkanes) is 2. The molecular weight excluding hydrogens is 226 g/mol. The first-order chi connectivity index (χ1) is 8.13. The van der Waals surface area contributed by atoms with Crippen molar-refractivity contribution in [1.29, 1.82) is 0 Å². The van der Waals surface area contributed by atoms with Gasteiger partial charge in [0.1, 0.15) is 0 Å². The van der Waals surface area contributed by atoms with Gasteiger partial charge in [-0.05, 0) is 31.6 Å². The van der Waals surface area contributed by atoms with Crippen LogP contribution in [-0.2, 0) is 0 Å². The van der Waals surface area contributed by atoms with Crippen molar-refractivity contribution in [3.05, 3.63) is 34.9 Å². The molecule has 1 unspecified atom stereocenters. The largest absolute Gasteiger partial charge is 0.323 e. The topological polar surface area (TPSA) is 26.0 Å². The summed E-state index contributed by atoms with van der Waals surface area (Å²) in [6.45, 7) is 6.52. The monoisotopic (exact) mass is 251 g/mol. The molecule has 0 amide bonds. The van der Waals surface area contributed by atoms with E-state index in [0.29, 0.717) is 0 Å². The number of rotatable bonds is 7. The average Bonchev–Trinajstić information content (AvgIpc) is 2.27. The van der Waals surface area contributed by atoms with Gasteiger partial charge in [-0.2, -0.15) is 11.8 Å². The summed E-state index contributed by atoms with van der Waals surface area (Å²) < 4.78 is 0. The van der Waals surface area contributed by atoms with Crippen molar-refractivity contribution >= 4 is 11.8 Å². The highest BCUT2D eigenvalue weighted by Gasteiger charge is 2.06. The first kappa shape index (κ1) is 14.6.